The predicted octanol–water partition coefficient (Wildman–Crippen LogP) is 2.89. The molecule has 2 saturated heterocycles. The van der Waals surface area contributed by atoms with Crippen LogP contribution >= 0.6 is 0 Å². The van der Waals surface area contributed by atoms with Crippen LogP contribution in [-0.4, -0.2) is 61.2 Å². The van der Waals surface area contributed by atoms with E-state index in [0.717, 1.165) is 56.7 Å². The largest absolute Gasteiger partial charge is 0.356 e. The molecule has 0 atom stereocenters. The molecular formula is C20H27N5. The van der Waals surface area contributed by atoms with Gasteiger partial charge in [0, 0.05) is 50.9 Å². The Bertz CT molecular complexity index is 688. The van der Waals surface area contributed by atoms with Gasteiger partial charge in [-0.15, -0.1) is 0 Å². The van der Waals surface area contributed by atoms with Gasteiger partial charge in [-0.2, -0.15) is 4.98 Å². The predicted molar refractivity (Wildman–Crippen MR) is 103 cm³/mol. The van der Waals surface area contributed by atoms with E-state index in [4.69, 9.17) is 9.97 Å². The van der Waals surface area contributed by atoms with Gasteiger partial charge in [0.2, 0.25) is 5.95 Å². The molecule has 1 aromatic carbocycles. The second kappa shape index (κ2) is 7.40. The van der Waals surface area contributed by atoms with E-state index in [-0.39, 0.29) is 0 Å². The smallest absolute Gasteiger partial charge is 0.227 e. The zero-order valence-corrected chi connectivity index (χ0v) is 15.1. The first kappa shape index (κ1) is 16.3. The number of hydrogen-bond acceptors (Lipinski definition) is 5. The highest BCUT2D eigenvalue weighted by Gasteiger charge is 2.20. The van der Waals surface area contributed by atoms with Crippen molar-refractivity contribution in [2.45, 2.75) is 19.3 Å². The van der Waals surface area contributed by atoms with Gasteiger partial charge in [0.25, 0.3) is 0 Å². The number of piperidine rings is 1. The number of likely N-dealkylation sites (N-methyl/N-ethyl adjacent to an activating group) is 1. The van der Waals surface area contributed by atoms with E-state index in [2.05, 4.69) is 58.1 Å². The number of piperazine rings is 1. The third kappa shape index (κ3) is 3.76. The molecular weight excluding hydrogens is 310 g/mol. The van der Waals surface area contributed by atoms with Gasteiger partial charge in [-0.1, -0.05) is 30.3 Å². The van der Waals surface area contributed by atoms with Crippen molar-refractivity contribution in [3.8, 4) is 11.3 Å². The Morgan fingerprint density at radius 2 is 1.48 bits per heavy atom. The molecule has 1 aromatic heterocycles. The summed E-state index contributed by atoms with van der Waals surface area (Å²) in [6.07, 6.45) is 3.85. The Morgan fingerprint density at radius 3 is 2.20 bits per heavy atom. The van der Waals surface area contributed by atoms with Gasteiger partial charge in [0.1, 0.15) is 5.82 Å². The van der Waals surface area contributed by atoms with Crippen LogP contribution in [0.4, 0.5) is 11.8 Å². The van der Waals surface area contributed by atoms with Gasteiger partial charge < -0.3 is 14.7 Å². The molecule has 2 aliphatic rings. The number of benzene rings is 1. The minimum absolute atomic E-state index is 0.884. The summed E-state index contributed by atoms with van der Waals surface area (Å²) in [5.74, 6) is 1.97. The molecule has 5 heteroatoms. The lowest BCUT2D eigenvalue weighted by Crippen LogP contribution is -2.45. The van der Waals surface area contributed by atoms with Crippen LogP contribution in [0.25, 0.3) is 11.3 Å². The number of rotatable bonds is 3. The molecule has 3 heterocycles. The highest BCUT2D eigenvalue weighted by Crippen LogP contribution is 2.27. The summed E-state index contributed by atoms with van der Waals surface area (Å²) >= 11 is 0. The molecule has 2 fully saturated rings. The monoisotopic (exact) mass is 337 g/mol. The molecule has 0 aliphatic carbocycles. The highest BCUT2D eigenvalue weighted by atomic mass is 15.3. The second-order valence-corrected chi connectivity index (χ2v) is 7.12. The SMILES string of the molecule is CN1CCN(c2nc(-c3ccccc3)cc(N3CCCCC3)n2)CC1. The number of hydrogen-bond donors (Lipinski definition) is 0. The molecule has 2 aliphatic heterocycles. The molecule has 0 amide bonds. The lowest BCUT2D eigenvalue weighted by atomic mass is 10.1. The van der Waals surface area contributed by atoms with E-state index in [0.29, 0.717) is 0 Å². The van der Waals surface area contributed by atoms with Crippen molar-refractivity contribution < 1.29 is 0 Å². The van der Waals surface area contributed by atoms with E-state index >= 15 is 0 Å². The first-order chi connectivity index (χ1) is 12.3. The Labute approximate surface area is 150 Å². The van der Waals surface area contributed by atoms with Crippen LogP contribution in [0.2, 0.25) is 0 Å². The molecule has 0 saturated carbocycles. The highest BCUT2D eigenvalue weighted by molar-refractivity contribution is 5.65. The summed E-state index contributed by atoms with van der Waals surface area (Å²) in [4.78, 5) is 17.0. The van der Waals surface area contributed by atoms with Crippen molar-refractivity contribution in [2.75, 3.05) is 56.1 Å². The van der Waals surface area contributed by atoms with Crippen molar-refractivity contribution >= 4 is 11.8 Å². The van der Waals surface area contributed by atoms with Crippen LogP contribution in [0.3, 0.4) is 0 Å². The fourth-order valence-corrected chi connectivity index (χ4v) is 3.61. The van der Waals surface area contributed by atoms with Gasteiger partial charge in [-0.3, -0.25) is 0 Å². The summed E-state index contributed by atoms with van der Waals surface area (Å²) in [6, 6.07) is 12.6. The van der Waals surface area contributed by atoms with Gasteiger partial charge in [-0.05, 0) is 26.3 Å². The van der Waals surface area contributed by atoms with Crippen molar-refractivity contribution in [1.82, 2.24) is 14.9 Å². The van der Waals surface area contributed by atoms with Crippen molar-refractivity contribution in [3.05, 3.63) is 36.4 Å². The lowest BCUT2D eigenvalue weighted by Gasteiger charge is -2.34. The quantitative estimate of drug-likeness (QED) is 0.860. The minimum Gasteiger partial charge on any atom is -0.356 e. The maximum absolute atomic E-state index is 4.95. The van der Waals surface area contributed by atoms with Crippen molar-refractivity contribution in [2.24, 2.45) is 0 Å². The van der Waals surface area contributed by atoms with Crippen LogP contribution in [0.1, 0.15) is 19.3 Å². The fourth-order valence-electron chi connectivity index (χ4n) is 3.61. The molecule has 0 spiro atoms. The molecule has 25 heavy (non-hydrogen) atoms. The van der Waals surface area contributed by atoms with E-state index in [1.54, 1.807) is 0 Å². The topological polar surface area (TPSA) is 35.5 Å². The Balaban J connectivity index is 1.69. The summed E-state index contributed by atoms with van der Waals surface area (Å²) in [6.45, 7) is 6.33. The standard InChI is InChI=1S/C20H27N5/c1-23-12-14-25(15-13-23)20-21-18(17-8-4-2-5-9-17)16-19(22-20)24-10-6-3-7-11-24/h2,4-5,8-9,16H,3,6-7,10-15H2,1H3. The average molecular weight is 337 g/mol. The van der Waals surface area contributed by atoms with Gasteiger partial charge in [-0.25, -0.2) is 4.98 Å². The van der Waals surface area contributed by atoms with E-state index in [1.165, 1.54) is 24.8 Å². The Morgan fingerprint density at radius 1 is 0.760 bits per heavy atom. The Hall–Kier alpha value is -2.14. The van der Waals surface area contributed by atoms with E-state index < -0.39 is 0 Å². The van der Waals surface area contributed by atoms with Crippen molar-refractivity contribution in [1.29, 1.82) is 0 Å². The van der Waals surface area contributed by atoms with Crippen LogP contribution in [0.5, 0.6) is 0 Å². The normalized spacial score (nSPS) is 19.2. The van der Waals surface area contributed by atoms with Crippen LogP contribution < -0.4 is 9.80 Å². The molecule has 2 aromatic rings. The average Bonchev–Trinajstić information content (AvgIpc) is 2.69. The zero-order valence-electron chi connectivity index (χ0n) is 15.1. The number of anilines is 2. The summed E-state index contributed by atoms with van der Waals surface area (Å²) < 4.78 is 0. The first-order valence-electron chi connectivity index (χ1n) is 9.42. The minimum atomic E-state index is 0.884. The fraction of sp³-hybridized carbons (Fsp3) is 0.500. The lowest BCUT2D eigenvalue weighted by molar-refractivity contribution is 0.311. The molecule has 0 unspecified atom stereocenters. The van der Waals surface area contributed by atoms with Crippen molar-refractivity contribution in [3.63, 3.8) is 0 Å². The maximum Gasteiger partial charge on any atom is 0.227 e. The number of aromatic nitrogens is 2. The van der Waals surface area contributed by atoms with Gasteiger partial charge in [0.15, 0.2) is 0 Å². The maximum atomic E-state index is 4.95. The van der Waals surface area contributed by atoms with Crippen LogP contribution in [0.15, 0.2) is 36.4 Å². The number of nitrogens with zero attached hydrogens (tertiary/aromatic N) is 5. The van der Waals surface area contributed by atoms with Crippen LogP contribution in [-0.2, 0) is 0 Å². The Kier molecular flexibility index (Phi) is 4.83. The van der Waals surface area contributed by atoms with Crippen LogP contribution in [0, 0.1) is 0 Å². The summed E-state index contributed by atoms with van der Waals surface area (Å²) in [5.41, 5.74) is 2.20. The second-order valence-electron chi connectivity index (χ2n) is 7.12. The zero-order chi connectivity index (χ0) is 17.1. The third-order valence-electron chi connectivity index (χ3n) is 5.24. The molecule has 0 bridgehead atoms. The molecule has 5 nitrogen and oxygen atoms in total. The van der Waals surface area contributed by atoms with Gasteiger partial charge >= 0.3 is 0 Å². The van der Waals surface area contributed by atoms with E-state index in [1.807, 2.05) is 0 Å². The molecule has 0 N–H and O–H groups in total. The summed E-state index contributed by atoms with van der Waals surface area (Å²) in [5, 5.41) is 0. The molecule has 4 rings (SSSR count). The molecule has 0 radical (unpaired) electrons. The first-order valence-corrected chi connectivity index (χ1v) is 9.42. The van der Waals surface area contributed by atoms with Gasteiger partial charge in [0.05, 0.1) is 5.69 Å². The summed E-state index contributed by atoms with van der Waals surface area (Å²) in [7, 11) is 2.18. The third-order valence-corrected chi connectivity index (χ3v) is 5.24. The molecule has 132 valence electrons. The van der Waals surface area contributed by atoms with E-state index in [9.17, 15) is 0 Å².